The molecule has 1 N–H and O–H groups in total. The Labute approximate surface area is 204 Å². The van der Waals surface area contributed by atoms with Crippen LogP contribution in [0.1, 0.15) is 56.3 Å². The first-order chi connectivity index (χ1) is 16.8. The Morgan fingerprint density at radius 1 is 1.26 bits per heavy atom. The van der Waals surface area contributed by atoms with Gasteiger partial charge in [-0.3, -0.25) is 13.9 Å². The molecule has 0 aromatic carbocycles. The third kappa shape index (κ3) is 7.12. The van der Waals surface area contributed by atoms with Crippen molar-refractivity contribution in [2.24, 2.45) is 13.0 Å². The molecule has 1 saturated carbocycles. The van der Waals surface area contributed by atoms with E-state index in [4.69, 9.17) is 9.47 Å². The number of nitrogens with zero attached hydrogens (tertiary/aromatic N) is 5. The number of aromatic nitrogens is 4. The molecule has 3 rings (SSSR count). The Kier molecular flexibility index (Phi) is 9.39. The van der Waals surface area contributed by atoms with Crippen molar-refractivity contribution in [2.45, 2.75) is 64.6 Å². The zero-order valence-electron chi connectivity index (χ0n) is 20.6. The zero-order chi connectivity index (χ0) is 25.4. The van der Waals surface area contributed by atoms with Crippen LogP contribution in [0, 0.1) is 12.8 Å². The molecule has 0 saturated heterocycles. The normalized spacial score (nSPS) is 17.7. The first-order valence-electron chi connectivity index (χ1n) is 12.0. The topological polar surface area (TPSA) is 120 Å². The summed E-state index contributed by atoms with van der Waals surface area (Å²) < 4.78 is 25.3. The summed E-state index contributed by atoms with van der Waals surface area (Å²) in [6, 6.07) is 0. The number of carboxylic acids is 1. The molecule has 2 heterocycles. The fourth-order valence-corrected chi connectivity index (χ4v) is 4.13. The van der Waals surface area contributed by atoms with Crippen LogP contribution in [0.3, 0.4) is 0 Å². The average Bonchev–Trinajstić information content (AvgIpc) is 3.21. The van der Waals surface area contributed by atoms with Gasteiger partial charge in [0.05, 0.1) is 48.0 Å². The second-order valence-corrected chi connectivity index (χ2v) is 8.94. The molecule has 0 radical (unpaired) electrons. The van der Waals surface area contributed by atoms with Crippen molar-refractivity contribution >= 4 is 12.1 Å². The van der Waals surface area contributed by atoms with Crippen LogP contribution < -0.4 is 4.74 Å². The van der Waals surface area contributed by atoms with Gasteiger partial charge in [-0.1, -0.05) is 0 Å². The van der Waals surface area contributed by atoms with Gasteiger partial charge in [0.2, 0.25) is 0 Å². The number of halogens is 1. The minimum absolute atomic E-state index is 0.00119. The highest BCUT2D eigenvalue weighted by atomic mass is 19.1. The van der Waals surface area contributed by atoms with E-state index in [0.717, 1.165) is 19.3 Å². The fraction of sp³-hybridized carbons (Fsp3) is 0.625. The summed E-state index contributed by atoms with van der Waals surface area (Å²) in [6.45, 7) is 1.96. The monoisotopic (exact) mass is 491 g/mol. The van der Waals surface area contributed by atoms with Crippen LogP contribution in [-0.2, 0) is 23.2 Å². The number of unbranched alkanes of at least 4 members (excludes halogenated alkanes) is 2. The van der Waals surface area contributed by atoms with Crippen LogP contribution in [0.5, 0.6) is 5.75 Å². The summed E-state index contributed by atoms with van der Waals surface area (Å²) >= 11 is 0. The Bertz CT molecular complexity index is 1010. The van der Waals surface area contributed by atoms with Crippen molar-refractivity contribution in [1.29, 1.82) is 0 Å². The quantitative estimate of drug-likeness (QED) is 0.470. The third-order valence-electron chi connectivity index (χ3n) is 6.28. The number of ether oxygens (including phenoxy) is 2. The number of carbonyl (C=O) groups is 2. The number of aryl methyl sites for hydroxylation is 2. The number of hydrogen-bond donors (Lipinski definition) is 1. The van der Waals surface area contributed by atoms with Crippen LogP contribution in [0.2, 0.25) is 0 Å². The number of carbonyl (C=O) groups excluding carboxylic acids is 1. The first-order valence-corrected chi connectivity index (χ1v) is 12.0. The van der Waals surface area contributed by atoms with Gasteiger partial charge in [0, 0.05) is 20.6 Å². The van der Waals surface area contributed by atoms with E-state index in [1.54, 1.807) is 31.2 Å². The summed E-state index contributed by atoms with van der Waals surface area (Å²) in [7, 11) is 3.40. The highest BCUT2D eigenvalue weighted by molar-refractivity contribution is 5.70. The molecule has 1 fully saturated rings. The SMILES string of the molecule is Cc1nc(-c2cnn(C)c2COC(=O)N(C)CCCCCF)ncc1O[C@H]1CCC[C@H](C(=O)O)C1. The van der Waals surface area contributed by atoms with Gasteiger partial charge in [-0.2, -0.15) is 5.10 Å². The van der Waals surface area contributed by atoms with Gasteiger partial charge < -0.3 is 19.5 Å². The van der Waals surface area contributed by atoms with Gasteiger partial charge in [-0.15, -0.1) is 0 Å². The predicted octanol–water partition coefficient (Wildman–Crippen LogP) is 3.92. The van der Waals surface area contributed by atoms with Crippen LogP contribution in [0.25, 0.3) is 11.4 Å². The largest absolute Gasteiger partial charge is 0.487 e. The maximum atomic E-state index is 12.3. The van der Waals surface area contributed by atoms with E-state index in [-0.39, 0.29) is 25.3 Å². The van der Waals surface area contributed by atoms with Crippen LogP contribution >= 0.6 is 0 Å². The lowest BCUT2D eigenvalue weighted by molar-refractivity contribution is -0.143. The minimum Gasteiger partial charge on any atom is -0.487 e. The van der Waals surface area contributed by atoms with Gasteiger partial charge in [-0.25, -0.2) is 14.8 Å². The molecule has 0 spiro atoms. The van der Waals surface area contributed by atoms with Crippen LogP contribution in [0.15, 0.2) is 12.4 Å². The Morgan fingerprint density at radius 3 is 2.77 bits per heavy atom. The lowest BCUT2D eigenvalue weighted by atomic mass is 9.87. The number of aliphatic carboxylic acids is 1. The molecule has 0 aliphatic heterocycles. The summed E-state index contributed by atoms with van der Waals surface area (Å²) in [6.07, 6.45) is 7.25. The molecular weight excluding hydrogens is 457 g/mol. The molecule has 35 heavy (non-hydrogen) atoms. The lowest BCUT2D eigenvalue weighted by Gasteiger charge is -2.27. The van der Waals surface area contributed by atoms with E-state index < -0.39 is 12.1 Å². The molecule has 1 amide bonds. The third-order valence-corrected chi connectivity index (χ3v) is 6.28. The standard InChI is InChI=1S/C24H34FN5O5/c1-16-21(35-18-9-7-8-17(12-18)23(31)32)14-26-22(28-16)19-13-27-30(3)20(19)15-34-24(33)29(2)11-6-4-5-10-25/h13-14,17-18H,4-12,15H2,1-3H3,(H,31,32)/t17-,18-/m0/s1. The van der Waals surface area contributed by atoms with Gasteiger partial charge in [0.25, 0.3) is 0 Å². The van der Waals surface area contributed by atoms with Crippen molar-refractivity contribution in [2.75, 3.05) is 20.3 Å². The van der Waals surface area contributed by atoms with Crippen molar-refractivity contribution in [3.05, 3.63) is 23.8 Å². The molecule has 11 heteroatoms. The Morgan fingerprint density at radius 2 is 2.06 bits per heavy atom. The summed E-state index contributed by atoms with van der Waals surface area (Å²) in [5.41, 5.74) is 1.92. The van der Waals surface area contributed by atoms with Crippen molar-refractivity contribution < 1.29 is 28.6 Å². The highest BCUT2D eigenvalue weighted by Gasteiger charge is 2.28. The maximum absolute atomic E-state index is 12.3. The number of rotatable bonds is 11. The smallest absolute Gasteiger partial charge is 0.409 e. The summed E-state index contributed by atoms with van der Waals surface area (Å²) in [5.74, 6) is -0.213. The fourth-order valence-electron chi connectivity index (χ4n) is 4.13. The van der Waals surface area contributed by atoms with E-state index in [1.165, 1.54) is 4.90 Å². The predicted molar refractivity (Wildman–Crippen MR) is 126 cm³/mol. The van der Waals surface area contributed by atoms with Crippen LogP contribution in [-0.4, -0.2) is 68.2 Å². The molecular formula is C24H34FN5O5. The molecule has 2 aromatic heterocycles. The molecule has 2 aromatic rings. The van der Waals surface area contributed by atoms with E-state index in [9.17, 15) is 19.1 Å². The zero-order valence-corrected chi connectivity index (χ0v) is 20.6. The number of alkyl halides is 1. The maximum Gasteiger partial charge on any atom is 0.409 e. The van der Waals surface area contributed by atoms with Gasteiger partial charge in [-0.05, 0) is 51.9 Å². The first kappa shape index (κ1) is 26.4. The van der Waals surface area contributed by atoms with Crippen LogP contribution in [0.4, 0.5) is 9.18 Å². The Hall–Kier alpha value is -3.24. The van der Waals surface area contributed by atoms with E-state index in [2.05, 4.69) is 15.1 Å². The van der Waals surface area contributed by atoms with E-state index in [1.807, 2.05) is 6.92 Å². The molecule has 2 atom stereocenters. The molecule has 1 aliphatic carbocycles. The molecule has 0 unspecified atom stereocenters. The summed E-state index contributed by atoms with van der Waals surface area (Å²) in [4.78, 5) is 34.1. The lowest BCUT2D eigenvalue weighted by Crippen LogP contribution is -2.29. The van der Waals surface area contributed by atoms with E-state index in [0.29, 0.717) is 60.8 Å². The van der Waals surface area contributed by atoms with Crippen molar-refractivity contribution in [3.8, 4) is 17.1 Å². The Balaban J connectivity index is 1.63. The minimum atomic E-state index is -0.783. The summed E-state index contributed by atoms with van der Waals surface area (Å²) in [5, 5.41) is 13.6. The number of amides is 1. The number of hydrogen-bond acceptors (Lipinski definition) is 7. The highest BCUT2D eigenvalue weighted by Crippen LogP contribution is 2.30. The second-order valence-electron chi connectivity index (χ2n) is 8.94. The van der Waals surface area contributed by atoms with Gasteiger partial charge in [0.15, 0.2) is 11.6 Å². The second kappa shape index (κ2) is 12.5. The molecule has 1 aliphatic rings. The van der Waals surface area contributed by atoms with Crippen molar-refractivity contribution in [1.82, 2.24) is 24.6 Å². The molecule has 192 valence electrons. The average molecular weight is 492 g/mol. The number of carboxylic acid groups (broad SMARTS) is 1. The van der Waals surface area contributed by atoms with Crippen molar-refractivity contribution in [3.63, 3.8) is 0 Å². The molecule has 10 nitrogen and oxygen atoms in total. The van der Waals surface area contributed by atoms with Gasteiger partial charge >= 0.3 is 12.1 Å². The molecule has 0 bridgehead atoms. The van der Waals surface area contributed by atoms with E-state index >= 15 is 0 Å². The van der Waals surface area contributed by atoms with Gasteiger partial charge in [0.1, 0.15) is 6.61 Å².